The number of rotatable bonds is 2. The standard InChI is InChI=1S/C8H10N2/c1-7(5-9)4-8(2)6-10-3/h4,6H,1H2,2-3H3/b8-4-,10-6-. The Labute approximate surface area is 61.2 Å². The van der Waals surface area contributed by atoms with Gasteiger partial charge in [-0.25, -0.2) is 0 Å². The average molecular weight is 134 g/mol. The summed E-state index contributed by atoms with van der Waals surface area (Å²) in [4.78, 5) is 3.78. The second kappa shape index (κ2) is 4.51. The molecule has 0 aliphatic heterocycles. The summed E-state index contributed by atoms with van der Waals surface area (Å²) in [5.74, 6) is 0. The van der Waals surface area contributed by atoms with Gasteiger partial charge in [0.2, 0.25) is 0 Å². The Balaban J connectivity index is 4.20. The first kappa shape index (κ1) is 8.64. The van der Waals surface area contributed by atoms with Gasteiger partial charge in [-0.3, -0.25) is 4.99 Å². The normalized spacial score (nSPS) is 11.5. The molecule has 0 atom stereocenters. The number of allylic oxidation sites excluding steroid dienone is 3. The van der Waals surface area contributed by atoms with Crippen LogP contribution in [0, 0.1) is 11.3 Å². The van der Waals surface area contributed by atoms with Crippen LogP contribution < -0.4 is 0 Å². The largest absolute Gasteiger partial charge is 0.296 e. The smallest absolute Gasteiger partial charge is 0.0985 e. The molecule has 0 radical (unpaired) electrons. The SMILES string of the molecule is C=C(C#N)/C=C(C)\C=N/C. The summed E-state index contributed by atoms with van der Waals surface area (Å²) in [6.07, 6.45) is 3.37. The van der Waals surface area contributed by atoms with Crippen LogP contribution in [0.4, 0.5) is 0 Å². The Kier molecular flexibility index (Phi) is 3.90. The number of hydrogen-bond acceptors (Lipinski definition) is 2. The maximum atomic E-state index is 8.31. The molecule has 0 N–H and O–H groups in total. The molecule has 52 valence electrons. The topological polar surface area (TPSA) is 36.1 Å². The van der Waals surface area contributed by atoms with E-state index in [0.717, 1.165) is 5.57 Å². The Morgan fingerprint density at radius 1 is 1.70 bits per heavy atom. The van der Waals surface area contributed by atoms with E-state index in [4.69, 9.17) is 5.26 Å². The molecular weight excluding hydrogens is 124 g/mol. The van der Waals surface area contributed by atoms with Gasteiger partial charge in [0.15, 0.2) is 0 Å². The van der Waals surface area contributed by atoms with E-state index < -0.39 is 0 Å². The second-order valence-electron chi connectivity index (χ2n) is 1.91. The molecule has 0 aliphatic carbocycles. The molecule has 0 bridgehead atoms. The van der Waals surface area contributed by atoms with Crippen molar-refractivity contribution in [2.24, 2.45) is 4.99 Å². The minimum Gasteiger partial charge on any atom is -0.296 e. The maximum Gasteiger partial charge on any atom is 0.0985 e. The monoisotopic (exact) mass is 134 g/mol. The maximum absolute atomic E-state index is 8.31. The molecule has 2 heteroatoms. The molecule has 0 unspecified atom stereocenters. The van der Waals surface area contributed by atoms with Crippen molar-refractivity contribution in [3.8, 4) is 6.07 Å². The van der Waals surface area contributed by atoms with E-state index in [1.807, 2.05) is 13.0 Å². The van der Waals surface area contributed by atoms with Crippen LogP contribution in [0.25, 0.3) is 0 Å². The van der Waals surface area contributed by atoms with Crippen LogP contribution in [-0.4, -0.2) is 13.3 Å². The van der Waals surface area contributed by atoms with Gasteiger partial charge in [0, 0.05) is 18.8 Å². The zero-order valence-corrected chi connectivity index (χ0v) is 6.26. The third-order valence-electron chi connectivity index (χ3n) is 0.878. The molecule has 0 saturated carbocycles. The van der Waals surface area contributed by atoms with Gasteiger partial charge >= 0.3 is 0 Å². The van der Waals surface area contributed by atoms with Crippen molar-refractivity contribution in [2.75, 3.05) is 7.05 Å². The lowest BCUT2D eigenvalue weighted by Gasteiger charge is -1.86. The van der Waals surface area contributed by atoms with Gasteiger partial charge in [0.25, 0.3) is 0 Å². The summed E-state index contributed by atoms with van der Waals surface area (Å²) in [6, 6.07) is 1.92. The highest BCUT2D eigenvalue weighted by molar-refractivity contribution is 5.78. The Morgan fingerprint density at radius 3 is 2.70 bits per heavy atom. The molecule has 0 fully saturated rings. The van der Waals surface area contributed by atoms with Gasteiger partial charge in [-0.2, -0.15) is 5.26 Å². The number of hydrogen-bond donors (Lipinski definition) is 0. The van der Waals surface area contributed by atoms with Crippen LogP contribution in [0.3, 0.4) is 0 Å². The predicted molar refractivity (Wildman–Crippen MR) is 42.9 cm³/mol. The fourth-order valence-electron chi connectivity index (χ4n) is 0.548. The Hall–Kier alpha value is -1.36. The lowest BCUT2D eigenvalue weighted by molar-refractivity contribution is 1.44. The predicted octanol–water partition coefficient (Wildman–Crippen LogP) is 1.71. The van der Waals surface area contributed by atoms with Crippen molar-refractivity contribution in [1.82, 2.24) is 0 Å². The Morgan fingerprint density at radius 2 is 2.30 bits per heavy atom. The summed E-state index contributed by atoms with van der Waals surface area (Å²) >= 11 is 0. The van der Waals surface area contributed by atoms with Crippen molar-refractivity contribution < 1.29 is 0 Å². The van der Waals surface area contributed by atoms with Crippen LogP contribution in [0.1, 0.15) is 6.92 Å². The van der Waals surface area contributed by atoms with Gasteiger partial charge < -0.3 is 0 Å². The van der Waals surface area contributed by atoms with Crippen molar-refractivity contribution in [1.29, 1.82) is 5.26 Å². The molecule has 0 spiro atoms. The molecule has 2 nitrogen and oxygen atoms in total. The molecule has 0 amide bonds. The molecule has 0 aromatic rings. The van der Waals surface area contributed by atoms with Crippen molar-refractivity contribution >= 4 is 6.21 Å². The molecule has 0 aromatic carbocycles. The number of nitriles is 1. The number of aliphatic imine (C=N–C) groups is 1. The van der Waals surface area contributed by atoms with Gasteiger partial charge in [-0.15, -0.1) is 0 Å². The molecule has 0 rings (SSSR count). The lowest BCUT2D eigenvalue weighted by atomic mass is 10.2. The van der Waals surface area contributed by atoms with Crippen LogP contribution >= 0.6 is 0 Å². The summed E-state index contributed by atoms with van der Waals surface area (Å²) < 4.78 is 0. The molecule has 0 aliphatic rings. The molecule has 10 heavy (non-hydrogen) atoms. The summed E-state index contributed by atoms with van der Waals surface area (Å²) in [5, 5.41) is 8.31. The van der Waals surface area contributed by atoms with E-state index in [9.17, 15) is 0 Å². The summed E-state index contributed by atoms with van der Waals surface area (Å²) in [7, 11) is 1.69. The van der Waals surface area contributed by atoms with Crippen molar-refractivity contribution in [3.63, 3.8) is 0 Å². The highest BCUT2D eigenvalue weighted by Crippen LogP contribution is 1.95. The van der Waals surface area contributed by atoms with E-state index in [2.05, 4.69) is 11.6 Å². The first-order chi connectivity index (χ1) is 4.70. The first-order valence-corrected chi connectivity index (χ1v) is 2.90. The quantitative estimate of drug-likeness (QED) is 0.322. The van der Waals surface area contributed by atoms with E-state index >= 15 is 0 Å². The zero-order chi connectivity index (χ0) is 7.98. The van der Waals surface area contributed by atoms with Crippen LogP contribution in [0.15, 0.2) is 28.8 Å². The molecule has 0 aromatic heterocycles. The van der Waals surface area contributed by atoms with Gasteiger partial charge in [-0.1, -0.05) is 6.58 Å². The molecular formula is C8H10N2. The molecule has 0 heterocycles. The van der Waals surface area contributed by atoms with Gasteiger partial charge in [-0.05, 0) is 18.6 Å². The highest BCUT2D eigenvalue weighted by Gasteiger charge is 1.84. The zero-order valence-electron chi connectivity index (χ0n) is 6.26. The minimum absolute atomic E-state index is 0.456. The third-order valence-corrected chi connectivity index (χ3v) is 0.878. The summed E-state index contributed by atoms with van der Waals surface area (Å²) in [5.41, 5.74) is 1.39. The van der Waals surface area contributed by atoms with Crippen LogP contribution in [0.5, 0.6) is 0 Å². The minimum atomic E-state index is 0.456. The van der Waals surface area contributed by atoms with Crippen LogP contribution in [-0.2, 0) is 0 Å². The first-order valence-electron chi connectivity index (χ1n) is 2.90. The fraction of sp³-hybridized carbons (Fsp3) is 0.250. The van der Waals surface area contributed by atoms with Gasteiger partial charge in [0.05, 0.1) is 6.07 Å². The number of nitrogens with zero attached hydrogens (tertiary/aromatic N) is 2. The highest BCUT2D eigenvalue weighted by atomic mass is 14.6. The van der Waals surface area contributed by atoms with Crippen LogP contribution in [0.2, 0.25) is 0 Å². The molecule has 0 saturated heterocycles. The third kappa shape index (κ3) is 3.62. The fourth-order valence-corrected chi connectivity index (χ4v) is 0.548. The lowest BCUT2D eigenvalue weighted by Crippen LogP contribution is -1.77. The van der Waals surface area contributed by atoms with E-state index in [1.165, 1.54) is 0 Å². The van der Waals surface area contributed by atoms with Gasteiger partial charge in [0.1, 0.15) is 0 Å². The summed E-state index contributed by atoms with van der Waals surface area (Å²) in [6.45, 7) is 5.37. The average Bonchev–Trinajstić information content (AvgIpc) is 1.88. The van der Waals surface area contributed by atoms with E-state index in [-0.39, 0.29) is 0 Å². The van der Waals surface area contributed by atoms with E-state index in [0.29, 0.717) is 5.57 Å². The van der Waals surface area contributed by atoms with Crippen molar-refractivity contribution in [2.45, 2.75) is 6.92 Å². The van der Waals surface area contributed by atoms with E-state index in [1.54, 1.807) is 19.3 Å². The Bertz CT molecular complexity index is 216. The second-order valence-corrected chi connectivity index (χ2v) is 1.91. The van der Waals surface area contributed by atoms with Crippen molar-refractivity contribution in [3.05, 3.63) is 23.8 Å².